The molecule has 2 aromatic rings. The molecule has 0 spiro atoms. The van der Waals surface area contributed by atoms with Gasteiger partial charge in [-0.25, -0.2) is 0 Å². The Morgan fingerprint density at radius 3 is 2.86 bits per heavy atom. The zero-order valence-corrected chi connectivity index (χ0v) is 13.5. The van der Waals surface area contributed by atoms with Gasteiger partial charge in [0.25, 0.3) is 0 Å². The summed E-state index contributed by atoms with van der Waals surface area (Å²) in [5.41, 5.74) is 9.02. The minimum atomic E-state index is 0.0450. The Labute approximate surface area is 134 Å². The van der Waals surface area contributed by atoms with E-state index in [4.69, 9.17) is 22.1 Å². The average Bonchev–Trinajstić information content (AvgIpc) is 2.50. The quantitative estimate of drug-likeness (QED) is 0.907. The fraction of sp³-hybridized carbons (Fsp3) is 0.294. The first-order valence-electron chi connectivity index (χ1n) is 7.02. The topological polar surface area (TPSA) is 35.2 Å². The third-order valence-corrected chi connectivity index (χ3v) is 5.48. The van der Waals surface area contributed by atoms with Crippen LogP contribution in [0.3, 0.4) is 0 Å². The van der Waals surface area contributed by atoms with Crippen molar-refractivity contribution in [2.45, 2.75) is 29.0 Å². The Hall–Kier alpha value is -1.16. The van der Waals surface area contributed by atoms with Crippen molar-refractivity contribution in [3.05, 3.63) is 58.6 Å². The van der Waals surface area contributed by atoms with Crippen LogP contribution in [0.25, 0.3) is 0 Å². The van der Waals surface area contributed by atoms with Crippen LogP contribution in [-0.2, 0) is 6.42 Å². The lowest BCUT2D eigenvalue weighted by molar-refractivity contribution is 0.413. The van der Waals surface area contributed by atoms with Crippen molar-refractivity contribution in [2.24, 2.45) is 5.73 Å². The molecule has 2 nitrogen and oxygen atoms in total. The molecule has 2 unspecified atom stereocenters. The van der Waals surface area contributed by atoms with E-state index in [1.165, 1.54) is 16.0 Å². The van der Waals surface area contributed by atoms with Crippen LogP contribution in [0.15, 0.2) is 47.4 Å². The first-order valence-corrected chi connectivity index (χ1v) is 8.28. The van der Waals surface area contributed by atoms with E-state index in [0.29, 0.717) is 5.25 Å². The summed E-state index contributed by atoms with van der Waals surface area (Å²) in [4.78, 5) is 1.18. The van der Waals surface area contributed by atoms with E-state index in [1.807, 2.05) is 36.0 Å². The monoisotopic (exact) mass is 319 g/mol. The lowest BCUT2D eigenvalue weighted by Gasteiger charge is -2.31. The predicted molar refractivity (Wildman–Crippen MR) is 89.3 cm³/mol. The highest BCUT2D eigenvalue weighted by atomic mass is 35.5. The average molecular weight is 320 g/mol. The van der Waals surface area contributed by atoms with E-state index in [-0.39, 0.29) is 6.04 Å². The molecule has 0 radical (unpaired) electrons. The van der Waals surface area contributed by atoms with E-state index in [0.717, 1.165) is 23.6 Å². The van der Waals surface area contributed by atoms with Crippen LogP contribution in [0.4, 0.5) is 0 Å². The Morgan fingerprint density at radius 2 is 2.10 bits per heavy atom. The van der Waals surface area contributed by atoms with Crippen molar-refractivity contribution in [2.75, 3.05) is 7.11 Å². The van der Waals surface area contributed by atoms with Gasteiger partial charge in [0, 0.05) is 21.2 Å². The number of thioether (sulfide) groups is 1. The van der Waals surface area contributed by atoms with Gasteiger partial charge in [-0.05, 0) is 54.3 Å². The van der Waals surface area contributed by atoms with Crippen LogP contribution in [0.5, 0.6) is 5.75 Å². The van der Waals surface area contributed by atoms with Gasteiger partial charge in [-0.3, -0.25) is 0 Å². The molecule has 4 heteroatoms. The lowest BCUT2D eigenvalue weighted by atomic mass is 9.87. The minimum absolute atomic E-state index is 0.0450. The molecule has 0 saturated heterocycles. The van der Waals surface area contributed by atoms with Crippen molar-refractivity contribution in [1.82, 2.24) is 0 Å². The molecule has 0 aliphatic heterocycles. The number of nitrogens with two attached hydrogens (primary N) is 1. The van der Waals surface area contributed by atoms with Gasteiger partial charge in [-0.2, -0.15) is 0 Å². The van der Waals surface area contributed by atoms with E-state index in [2.05, 4.69) is 18.2 Å². The minimum Gasteiger partial charge on any atom is -0.497 e. The molecule has 3 rings (SSSR count). The maximum atomic E-state index is 6.47. The molecule has 0 amide bonds. The van der Waals surface area contributed by atoms with Gasteiger partial charge in [0.2, 0.25) is 0 Å². The second-order valence-corrected chi connectivity index (χ2v) is 6.99. The normalized spacial score (nSPS) is 20.9. The molecule has 2 N–H and O–H groups in total. The first-order chi connectivity index (χ1) is 10.2. The maximum absolute atomic E-state index is 6.47. The lowest BCUT2D eigenvalue weighted by Crippen LogP contribution is -2.29. The smallest absolute Gasteiger partial charge is 0.119 e. The molecule has 2 atom stereocenters. The molecule has 0 fully saturated rings. The number of fused-ring (bicyclic) bond motifs is 1. The summed E-state index contributed by atoms with van der Waals surface area (Å²) in [6.45, 7) is 0. The first kappa shape index (κ1) is 14.8. The highest BCUT2D eigenvalue weighted by Crippen LogP contribution is 2.40. The van der Waals surface area contributed by atoms with Crippen LogP contribution in [-0.4, -0.2) is 12.4 Å². The Balaban J connectivity index is 1.80. The molecule has 2 aromatic carbocycles. The molecular formula is C17H18ClNOS. The molecule has 0 bridgehead atoms. The van der Waals surface area contributed by atoms with Crippen LogP contribution in [0.2, 0.25) is 5.02 Å². The van der Waals surface area contributed by atoms with Gasteiger partial charge in [0.1, 0.15) is 5.75 Å². The second-order valence-electron chi connectivity index (χ2n) is 5.24. The fourth-order valence-corrected chi connectivity index (χ4v) is 4.26. The Kier molecular flexibility index (Phi) is 4.43. The Morgan fingerprint density at radius 1 is 1.24 bits per heavy atom. The Bertz CT molecular complexity index is 646. The van der Waals surface area contributed by atoms with Gasteiger partial charge >= 0.3 is 0 Å². The molecule has 0 aromatic heterocycles. The van der Waals surface area contributed by atoms with E-state index in [1.54, 1.807) is 7.11 Å². The number of ether oxygens (including phenoxy) is 1. The highest BCUT2D eigenvalue weighted by molar-refractivity contribution is 8.00. The number of benzene rings is 2. The zero-order valence-electron chi connectivity index (χ0n) is 11.9. The van der Waals surface area contributed by atoms with Crippen LogP contribution in [0, 0.1) is 0 Å². The maximum Gasteiger partial charge on any atom is 0.119 e. The molecular weight excluding hydrogens is 302 g/mol. The summed E-state index contributed by atoms with van der Waals surface area (Å²) in [6, 6.07) is 14.2. The SMILES string of the molecule is COc1ccc2c(c1)CCC(Sc1cccc(Cl)c1)C2N. The summed E-state index contributed by atoms with van der Waals surface area (Å²) < 4.78 is 5.29. The summed E-state index contributed by atoms with van der Waals surface area (Å²) in [5, 5.41) is 1.15. The number of rotatable bonds is 3. The molecule has 110 valence electrons. The molecule has 0 heterocycles. The number of hydrogen-bond donors (Lipinski definition) is 1. The van der Waals surface area contributed by atoms with E-state index < -0.39 is 0 Å². The van der Waals surface area contributed by atoms with E-state index in [9.17, 15) is 0 Å². The third kappa shape index (κ3) is 3.20. The number of hydrogen-bond acceptors (Lipinski definition) is 3. The third-order valence-electron chi connectivity index (χ3n) is 3.89. The van der Waals surface area contributed by atoms with Gasteiger partial charge in [0.15, 0.2) is 0 Å². The van der Waals surface area contributed by atoms with Gasteiger partial charge < -0.3 is 10.5 Å². The molecule has 1 aliphatic carbocycles. The molecule has 1 aliphatic rings. The van der Waals surface area contributed by atoms with Crippen molar-refractivity contribution < 1.29 is 4.74 Å². The van der Waals surface area contributed by atoms with Crippen molar-refractivity contribution in [3.8, 4) is 5.75 Å². The molecule has 21 heavy (non-hydrogen) atoms. The number of aryl methyl sites for hydroxylation is 1. The van der Waals surface area contributed by atoms with Crippen LogP contribution >= 0.6 is 23.4 Å². The number of halogens is 1. The molecule has 0 saturated carbocycles. The summed E-state index contributed by atoms with van der Waals surface area (Å²) in [5.74, 6) is 0.905. The van der Waals surface area contributed by atoms with Crippen LogP contribution < -0.4 is 10.5 Å². The summed E-state index contributed by atoms with van der Waals surface area (Å²) >= 11 is 7.87. The van der Waals surface area contributed by atoms with Crippen molar-refractivity contribution >= 4 is 23.4 Å². The van der Waals surface area contributed by atoms with E-state index >= 15 is 0 Å². The second kappa shape index (κ2) is 6.30. The summed E-state index contributed by atoms with van der Waals surface area (Å²) in [7, 11) is 1.70. The zero-order chi connectivity index (χ0) is 14.8. The van der Waals surface area contributed by atoms with Crippen molar-refractivity contribution in [3.63, 3.8) is 0 Å². The highest BCUT2D eigenvalue weighted by Gasteiger charge is 2.27. The van der Waals surface area contributed by atoms with Crippen LogP contribution in [0.1, 0.15) is 23.6 Å². The summed E-state index contributed by atoms with van der Waals surface area (Å²) in [6.07, 6.45) is 2.11. The van der Waals surface area contributed by atoms with Gasteiger partial charge in [-0.15, -0.1) is 11.8 Å². The number of methoxy groups -OCH3 is 1. The largest absolute Gasteiger partial charge is 0.497 e. The van der Waals surface area contributed by atoms with Gasteiger partial charge in [0.05, 0.1) is 7.11 Å². The van der Waals surface area contributed by atoms with Crippen molar-refractivity contribution in [1.29, 1.82) is 0 Å². The standard InChI is InChI=1S/C17H18ClNOS/c1-20-13-6-7-15-11(9-13)5-8-16(17(15)19)21-14-4-2-3-12(18)10-14/h2-4,6-7,9-10,16-17H,5,8,19H2,1H3. The predicted octanol–water partition coefficient (Wildman–Crippen LogP) is 4.46. The fourth-order valence-electron chi connectivity index (χ4n) is 2.78. The van der Waals surface area contributed by atoms with Gasteiger partial charge in [-0.1, -0.05) is 23.7 Å².